The molecule has 186 valence electrons. The first-order valence-electron chi connectivity index (χ1n) is 11.1. The summed E-state index contributed by atoms with van der Waals surface area (Å²) in [7, 11) is 0. The fourth-order valence-electron chi connectivity index (χ4n) is 3.06. The van der Waals surface area contributed by atoms with E-state index in [4.69, 9.17) is 15.2 Å². The maximum atomic E-state index is 12.9. The smallest absolute Gasteiger partial charge is 0.410 e. The number of rotatable bonds is 8. The molecule has 0 spiro atoms. The molecule has 2 heterocycles. The lowest BCUT2D eigenvalue weighted by Gasteiger charge is -2.33. The van der Waals surface area contributed by atoms with Gasteiger partial charge in [0.05, 0.1) is 24.8 Å². The van der Waals surface area contributed by atoms with Crippen LogP contribution in [0.2, 0.25) is 0 Å². The van der Waals surface area contributed by atoms with Gasteiger partial charge >= 0.3 is 12.2 Å². The Balaban J connectivity index is 2.00. The van der Waals surface area contributed by atoms with Crippen molar-refractivity contribution in [2.24, 2.45) is 5.73 Å². The molecule has 0 saturated carbocycles. The zero-order valence-electron chi connectivity index (χ0n) is 20.5. The molecule has 3 amide bonds. The van der Waals surface area contributed by atoms with Crippen LogP contribution in [0, 0.1) is 0 Å². The summed E-state index contributed by atoms with van der Waals surface area (Å²) in [6.45, 7) is 13.6. The van der Waals surface area contributed by atoms with E-state index in [1.807, 2.05) is 6.92 Å². The summed E-state index contributed by atoms with van der Waals surface area (Å²) >= 11 is 0. The summed E-state index contributed by atoms with van der Waals surface area (Å²) in [5.41, 5.74) is 5.08. The van der Waals surface area contributed by atoms with Crippen molar-refractivity contribution in [1.29, 1.82) is 0 Å². The van der Waals surface area contributed by atoms with Gasteiger partial charge in [0, 0.05) is 13.1 Å². The van der Waals surface area contributed by atoms with Gasteiger partial charge in [-0.2, -0.15) is 15.0 Å². The van der Waals surface area contributed by atoms with E-state index in [0.717, 1.165) is 0 Å². The van der Waals surface area contributed by atoms with Gasteiger partial charge in [0.25, 0.3) is 0 Å². The van der Waals surface area contributed by atoms with E-state index < -0.39 is 35.5 Å². The predicted molar refractivity (Wildman–Crippen MR) is 120 cm³/mol. The molecule has 4 N–H and O–H groups in total. The number of hydrogen-bond donors (Lipinski definition) is 3. The van der Waals surface area contributed by atoms with Crippen LogP contribution in [0.15, 0.2) is 6.20 Å². The van der Waals surface area contributed by atoms with Crippen LogP contribution < -0.4 is 16.4 Å². The van der Waals surface area contributed by atoms with Crippen molar-refractivity contribution < 1.29 is 23.9 Å². The first kappa shape index (κ1) is 26.4. The Kier molecular flexibility index (Phi) is 8.28. The first-order valence-corrected chi connectivity index (χ1v) is 11.1. The van der Waals surface area contributed by atoms with Crippen LogP contribution in [-0.2, 0) is 20.8 Å². The molecule has 3 atom stereocenters. The topological polar surface area (TPSA) is 154 Å². The quantitative estimate of drug-likeness (QED) is 0.382. The van der Waals surface area contributed by atoms with Crippen LogP contribution in [0.3, 0.4) is 0 Å². The summed E-state index contributed by atoms with van der Waals surface area (Å²) < 4.78 is 10.8. The minimum Gasteiger partial charge on any atom is -0.444 e. The largest absolute Gasteiger partial charge is 0.444 e. The van der Waals surface area contributed by atoms with Crippen LogP contribution in [-0.4, -0.2) is 74.4 Å². The van der Waals surface area contributed by atoms with Gasteiger partial charge in [-0.1, -0.05) is 0 Å². The van der Waals surface area contributed by atoms with E-state index in [-0.39, 0.29) is 11.9 Å². The maximum absolute atomic E-state index is 12.9. The minimum absolute atomic E-state index is 0.197. The van der Waals surface area contributed by atoms with E-state index in [2.05, 4.69) is 20.8 Å². The molecule has 0 bridgehead atoms. The molecule has 1 aliphatic rings. The van der Waals surface area contributed by atoms with Gasteiger partial charge < -0.3 is 25.8 Å². The fraction of sp³-hybridized carbons (Fsp3) is 0.762. The van der Waals surface area contributed by atoms with Crippen LogP contribution in [0.1, 0.15) is 66.6 Å². The summed E-state index contributed by atoms with van der Waals surface area (Å²) in [5.74, 6) is -0.197. The highest BCUT2D eigenvalue weighted by Gasteiger charge is 2.37. The van der Waals surface area contributed by atoms with Crippen molar-refractivity contribution in [3.05, 3.63) is 11.9 Å². The Hall–Kier alpha value is -2.89. The standard InChI is InChI=1S/C21H37N7O5/c1-13(14-11-24-28(26-14)12-15-16(22)17(29)25-15)27(19(31)33-21(5,6)7)10-8-9-23-18(30)32-20(2,3)4/h11,13,15-16H,8-10,12,22H2,1-7H3,(H,23,30)(H,25,29)/t13-,15+,16-/m0/s1. The SMILES string of the molecule is C[C@@H](c1cnn(C[C@H]2NC(=O)[C@H]2N)n1)N(CCCNC(=O)OC(C)(C)C)C(=O)OC(C)(C)C. The predicted octanol–water partition coefficient (Wildman–Crippen LogP) is 1.32. The van der Waals surface area contributed by atoms with Gasteiger partial charge in [-0.15, -0.1) is 0 Å². The monoisotopic (exact) mass is 467 g/mol. The van der Waals surface area contributed by atoms with E-state index in [0.29, 0.717) is 31.7 Å². The van der Waals surface area contributed by atoms with E-state index in [1.54, 1.807) is 52.6 Å². The number of carbonyl (C=O) groups excluding carboxylic acids is 3. The molecule has 12 nitrogen and oxygen atoms in total. The number of nitrogens with two attached hydrogens (primary N) is 1. The molecular weight excluding hydrogens is 430 g/mol. The Morgan fingerprint density at radius 3 is 2.42 bits per heavy atom. The van der Waals surface area contributed by atoms with Gasteiger partial charge in [-0.05, 0) is 54.9 Å². The number of ether oxygens (including phenoxy) is 2. The molecule has 0 aliphatic carbocycles. The second-order valence-corrected chi connectivity index (χ2v) is 10.1. The molecule has 0 unspecified atom stereocenters. The highest BCUT2D eigenvalue weighted by atomic mass is 16.6. The molecule has 33 heavy (non-hydrogen) atoms. The zero-order chi connectivity index (χ0) is 25.0. The molecule has 0 aromatic carbocycles. The van der Waals surface area contributed by atoms with E-state index >= 15 is 0 Å². The lowest BCUT2D eigenvalue weighted by Crippen LogP contribution is -2.68. The Morgan fingerprint density at radius 1 is 1.24 bits per heavy atom. The molecule has 1 aliphatic heterocycles. The molecule has 1 saturated heterocycles. The molecule has 1 aromatic rings. The normalized spacial score (nSPS) is 19.2. The Morgan fingerprint density at radius 2 is 1.88 bits per heavy atom. The average Bonchev–Trinajstić information content (AvgIpc) is 3.13. The van der Waals surface area contributed by atoms with Crippen LogP contribution in [0.4, 0.5) is 9.59 Å². The molecule has 2 rings (SSSR count). The third kappa shape index (κ3) is 8.19. The third-order valence-corrected chi connectivity index (χ3v) is 4.75. The minimum atomic E-state index is -0.667. The molecule has 1 fully saturated rings. The molecular formula is C21H37N7O5. The molecule has 12 heteroatoms. The fourth-order valence-corrected chi connectivity index (χ4v) is 3.06. The first-order chi connectivity index (χ1) is 15.2. The average molecular weight is 468 g/mol. The highest BCUT2D eigenvalue weighted by Crippen LogP contribution is 2.21. The van der Waals surface area contributed by atoms with Crippen molar-refractivity contribution in [2.75, 3.05) is 13.1 Å². The lowest BCUT2D eigenvalue weighted by atomic mass is 10.0. The molecule has 0 radical (unpaired) electrons. The third-order valence-electron chi connectivity index (χ3n) is 4.75. The Bertz CT molecular complexity index is 843. The zero-order valence-corrected chi connectivity index (χ0v) is 20.5. The van der Waals surface area contributed by atoms with Crippen molar-refractivity contribution in [3.63, 3.8) is 0 Å². The summed E-state index contributed by atoms with van der Waals surface area (Å²) in [6, 6.07) is -1.23. The van der Waals surface area contributed by atoms with Crippen molar-refractivity contribution in [3.8, 4) is 0 Å². The van der Waals surface area contributed by atoms with Gasteiger partial charge in [0.15, 0.2) is 0 Å². The highest BCUT2D eigenvalue weighted by molar-refractivity contribution is 5.88. The number of hydrogen-bond acceptors (Lipinski definition) is 8. The number of alkyl carbamates (subject to hydrolysis) is 1. The second kappa shape index (κ2) is 10.4. The Labute approximate surface area is 194 Å². The number of nitrogens with zero attached hydrogens (tertiary/aromatic N) is 4. The lowest BCUT2D eigenvalue weighted by molar-refractivity contribution is -0.130. The van der Waals surface area contributed by atoms with Crippen LogP contribution in [0.25, 0.3) is 0 Å². The van der Waals surface area contributed by atoms with Crippen molar-refractivity contribution >= 4 is 18.1 Å². The van der Waals surface area contributed by atoms with E-state index in [1.165, 1.54) is 4.80 Å². The van der Waals surface area contributed by atoms with Gasteiger partial charge in [0.2, 0.25) is 5.91 Å². The van der Waals surface area contributed by atoms with Gasteiger partial charge in [-0.25, -0.2) is 9.59 Å². The van der Waals surface area contributed by atoms with Gasteiger partial charge in [-0.3, -0.25) is 9.69 Å². The van der Waals surface area contributed by atoms with E-state index in [9.17, 15) is 14.4 Å². The van der Waals surface area contributed by atoms with Crippen molar-refractivity contribution in [2.45, 2.75) is 90.8 Å². The number of nitrogens with one attached hydrogen (secondary N) is 2. The summed E-state index contributed by atoms with van der Waals surface area (Å²) in [6.07, 6.45) is 1.06. The second-order valence-electron chi connectivity index (χ2n) is 10.1. The maximum Gasteiger partial charge on any atom is 0.410 e. The van der Waals surface area contributed by atoms with Crippen LogP contribution >= 0.6 is 0 Å². The van der Waals surface area contributed by atoms with Crippen LogP contribution in [0.5, 0.6) is 0 Å². The van der Waals surface area contributed by atoms with Gasteiger partial charge in [0.1, 0.15) is 22.9 Å². The van der Waals surface area contributed by atoms with Crippen molar-refractivity contribution in [1.82, 2.24) is 30.5 Å². The summed E-state index contributed by atoms with van der Waals surface area (Å²) in [4.78, 5) is 39.0. The number of β-lactam (4-membered cyclic amide) rings is 1. The molecule has 1 aromatic heterocycles. The number of aromatic nitrogens is 3. The number of carbonyl (C=O) groups is 3. The summed E-state index contributed by atoms with van der Waals surface area (Å²) in [5, 5.41) is 14.1. The number of amides is 3.